The van der Waals surface area contributed by atoms with Crippen LogP contribution in [0.2, 0.25) is 0 Å². The van der Waals surface area contributed by atoms with Gasteiger partial charge in [-0.2, -0.15) is 0 Å². The number of carbonyl (C=O) groups excluding carboxylic acids is 1. The van der Waals surface area contributed by atoms with Crippen LogP contribution in [0.15, 0.2) is 24.3 Å². The zero-order valence-corrected chi connectivity index (χ0v) is 12.6. The van der Waals surface area contributed by atoms with Gasteiger partial charge >= 0.3 is 15.0 Å². The predicted octanol–water partition coefficient (Wildman–Crippen LogP) is -0.748. The van der Waals surface area contributed by atoms with Gasteiger partial charge in [-0.15, -0.1) is 0 Å². The van der Waals surface area contributed by atoms with Crippen LogP contribution in [-0.2, 0) is 16.0 Å². The first-order chi connectivity index (χ1) is 9.96. The lowest BCUT2D eigenvalue weighted by atomic mass is 10.1. The maximum absolute atomic E-state index is 11.0. The SMILES string of the molecule is CC(=O)N[C@@H](Cc1ccc(O[Si](CO)CO)cc1)C(=O)O. The summed E-state index contributed by atoms with van der Waals surface area (Å²) in [7, 11) is -1.68. The quantitative estimate of drug-likeness (QED) is 0.470. The van der Waals surface area contributed by atoms with Crippen molar-refractivity contribution in [2.75, 3.05) is 12.5 Å². The summed E-state index contributed by atoms with van der Waals surface area (Å²) in [5, 5.41) is 29.3. The summed E-state index contributed by atoms with van der Waals surface area (Å²) in [6.07, 6.45) is -0.244. The van der Waals surface area contributed by atoms with Gasteiger partial charge in [0, 0.05) is 13.3 Å². The summed E-state index contributed by atoms with van der Waals surface area (Å²) in [6, 6.07) is 5.65. The molecule has 4 N–H and O–H groups in total. The molecule has 0 fully saturated rings. The van der Waals surface area contributed by atoms with Crippen molar-refractivity contribution in [2.45, 2.75) is 19.4 Å². The highest BCUT2D eigenvalue weighted by Gasteiger charge is 2.19. The van der Waals surface area contributed by atoms with E-state index in [0.29, 0.717) is 5.75 Å². The van der Waals surface area contributed by atoms with Crippen LogP contribution >= 0.6 is 0 Å². The number of carboxylic acids is 1. The Bertz CT molecular complexity index is 474. The number of hydrogen-bond donors (Lipinski definition) is 4. The molecule has 0 aliphatic rings. The van der Waals surface area contributed by atoms with Crippen LogP contribution in [0.4, 0.5) is 0 Å². The van der Waals surface area contributed by atoms with E-state index < -0.39 is 27.0 Å². The Hall–Kier alpha value is -1.90. The van der Waals surface area contributed by atoms with E-state index in [2.05, 4.69) is 5.32 Å². The van der Waals surface area contributed by atoms with Gasteiger partial charge in [0.05, 0.1) is 12.5 Å². The van der Waals surface area contributed by atoms with E-state index in [1.54, 1.807) is 24.3 Å². The molecule has 0 unspecified atom stereocenters. The molecule has 8 heteroatoms. The number of hydrogen-bond acceptors (Lipinski definition) is 5. The molecule has 0 saturated carbocycles. The summed E-state index contributed by atoms with van der Waals surface area (Å²) in [4.78, 5) is 22.0. The monoisotopic (exact) mass is 312 g/mol. The Labute approximate surface area is 123 Å². The number of aliphatic carboxylic acids is 1. The first-order valence-electron chi connectivity index (χ1n) is 6.29. The van der Waals surface area contributed by atoms with Crippen molar-refractivity contribution in [3.05, 3.63) is 29.8 Å². The zero-order valence-electron chi connectivity index (χ0n) is 11.6. The van der Waals surface area contributed by atoms with Crippen LogP contribution < -0.4 is 9.74 Å². The number of aliphatic hydroxyl groups excluding tert-OH is 2. The molecular formula is C13H18NO6Si. The van der Waals surface area contributed by atoms with E-state index in [4.69, 9.17) is 19.7 Å². The van der Waals surface area contributed by atoms with Gasteiger partial charge in [0.2, 0.25) is 5.91 Å². The normalized spacial score (nSPS) is 12.0. The van der Waals surface area contributed by atoms with Crippen LogP contribution in [0.25, 0.3) is 0 Å². The van der Waals surface area contributed by atoms with Gasteiger partial charge < -0.3 is 25.1 Å². The van der Waals surface area contributed by atoms with Crippen molar-refractivity contribution in [1.82, 2.24) is 5.32 Å². The van der Waals surface area contributed by atoms with Crippen molar-refractivity contribution < 1.29 is 29.3 Å². The molecule has 21 heavy (non-hydrogen) atoms. The third-order valence-electron chi connectivity index (χ3n) is 2.65. The van der Waals surface area contributed by atoms with Crippen molar-refractivity contribution in [3.8, 4) is 5.75 Å². The molecule has 1 aromatic carbocycles. The van der Waals surface area contributed by atoms with Crippen LogP contribution in [0.5, 0.6) is 5.75 Å². The molecule has 1 atom stereocenters. The molecule has 1 rings (SSSR count). The van der Waals surface area contributed by atoms with Gasteiger partial charge in [-0.25, -0.2) is 4.79 Å². The molecule has 7 nitrogen and oxygen atoms in total. The van der Waals surface area contributed by atoms with E-state index in [1.807, 2.05) is 0 Å². The molecule has 115 valence electrons. The third kappa shape index (κ3) is 5.94. The van der Waals surface area contributed by atoms with Gasteiger partial charge in [0.25, 0.3) is 0 Å². The Morgan fingerprint density at radius 2 is 1.81 bits per heavy atom. The number of rotatable bonds is 8. The molecule has 0 spiro atoms. The van der Waals surface area contributed by atoms with E-state index in [-0.39, 0.29) is 18.9 Å². The molecule has 1 amide bonds. The predicted molar refractivity (Wildman–Crippen MR) is 75.9 cm³/mol. The highest BCUT2D eigenvalue weighted by Crippen LogP contribution is 2.14. The Balaban J connectivity index is 2.68. The van der Waals surface area contributed by atoms with Crippen molar-refractivity contribution in [1.29, 1.82) is 0 Å². The molecule has 0 aromatic heterocycles. The minimum atomic E-state index is -1.68. The lowest BCUT2D eigenvalue weighted by Gasteiger charge is -2.15. The summed E-state index contributed by atoms with van der Waals surface area (Å²) < 4.78 is 5.40. The second-order valence-electron chi connectivity index (χ2n) is 4.40. The fourth-order valence-corrected chi connectivity index (χ4v) is 2.35. The topological polar surface area (TPSA) is 116 Å². The van der Waals surface area contributed by atoms with Crippen LogP contribution in [-0.4, -0.2) is 54.7 Å². The highest BCUT2D eigenvalue weighted by atomic mass is 28.3. The second kappa shape index (κ2) is 8.40. The first-order valence-corrected chi connectivity index (χ1v) is 8.11. The second-order valence-corrected chi connectivity index (χ2v) is 6.31. The summed E-state index contributed by atoms with van der Waals surface area (Å²) in [5.41, 5.74) is 0.727. The first kappa shape index (κ1) is 17.1. The molecule has 1 radical (unpaired) electrons. The third-order valence-corrected chi connectivity index (χ3v) is 3.88. The summed E-state index contributed by atoms with van der Waals surface area (Å²) >= 11 is 0. The number of aliphatic hydroxyl groups is 2. The lowest BCUT2D eigenvalue weighted by Crippen LogP contribution is -2.41. The van der Waals surface area contributed by atoms with E-state index in [1.165, 1.54) is 6.92 Å². The average molecular weight is 312 g/mol. The minimum Gasteiger partial charge on any atom is -0.537 e. The van der Waals surface area contributed by atoms with Crippen LogP contribution in [0, 0.1) is 0 Å². The Morgan fingerprint density at radius 1 is 1.24 bits per heavy atom. The number of carbonyl (C=O) groups is 2. The van der Waals surface area contributed by atoms with E-state index in [0.717, 1.165) is 5.56 Å². The minimum absolute atomic E-state index is 0.160. The maximum Gasteiger partial charge on any atom is 0.333 e. The van der Waals surface area contributed by atoms with Gasteiger partial charge in [-0.1, -0.05) is 12.1 Å². The number of benzene rings is 1. The highest BCUT2D eigenvalue weighted by molar-refractivity contribution is 6.52. The van der Waals surface area contributed by atoms with Gasteiger partial charge in [-0.05, 0) is 17.7 Å². The number of amides is 1. The van der Waals surface area contributed by atoms with Crippen molar-refractivity contribution >= 4 is 20.9 Å². The average Bonchev–Trinajstić information content (AvgIpc) is 2.45. The number of nitrogens with one attached hydrogen (secondary N) is 1. The van der Waals surface area contributed by atoms with Gasteiger partial charge in [0.1, 0.15) is 11.8 Å². The van der Waals surface area contributed by atoms with Crippen LogP contribution in [0.1, 0.15) is 12.5 Å². The molecule has 0 aliphatic carbocycles. The molecule has 0 bridgehead atoms. The summed E-state index contributed by atoms with van der Waals surface area (Å²) in [6.45, 7) is 1.26. The molecule has 0 saturated heterocycles. The standard InChI is InChI=1S/C13H18NO6Si/c1-9(17)14-12(13(18)19)6-10-2-4-11(5-3-10)20-21(7-15)8-16/h2-5,12,15-16H,6-8H2,1H3,(H,14,17)(H,18,19)/t12-/m0/s1. The molecule has 0 heterocycles. The van der Waals surface area contributed by atoms with Gasteiger partial charge in [0.15, 0.2) is 0 Å². The fraction of sp³-hybridized carbons (Fsp3) is 0.385. The molecular weight excluding hydrogens is 294 g/mol. The van der Waals surface area contributed by atoms with E-state index in [9.17, 15) is 9.59 Å². The molecule has 1 aromatic rings. The van der Waals surface area contributed by atoms with E-state index >= 15 is 0 Å². The van der Waals surface area contributed by atoms with Crippen molar-refractivity contribution in [3.63, 3.8) is 0 Å². The number of carboxylic acid groups (broad SMARTS) is 1. The Kier molecular flexibility index (Phi) is 6.86. The van der Waals surface area contributed by atoms with Crippen molar-refractivity contribution in [2.24, 2.45) is 0 Å². The maximum atomic E-state index is 11.0. The zero-order chi connectivity index (χ0) is 15.8. The fourth-order valence-electron chi connectivity index (χ4n) is 1.66. The Morgan fingerprint density at radius 3 is 2.24 bits per heavy atom. The molecule has 0 aliphatic heterocycles. The van der Waals surface area contributed by atoms with Crippen LogP contribution in [0.3, 0.4) is 0 Å². The lowest BCUT2D eigenvalue weighted by molar-refractivity contribution is -0.141. The largest absolute Gasteiger partial charge is 0.537 e. The summed E-state index contributed by atoms with van der Waals surface area (Å²) in [5.74, 6) is -1.00. The smallest absolute Gasteiger partial charge is 0.333 e. The van der Waals surface area contributed by atoms with Gasteiger partial charge in [-0.3, -0.25) is 4.79 Å².